The summed E-state index contributed by atoms with van der Waals surface area (Å²) in [5.41, 5.74) is -0.258. The molecule has 1 aromatic carbocycles. The summed E-state index contributed by atoms with van der Waals surface area (Å²) < 4.78 is 23.9. The fourth-order valence-electron chi connectivity index (χ4n) is 1.09. The Labute approximate surface area is 95.3 Å². The fourth-order valence-corrected chi connectivity index (χ4v) is 1.09. The number of aromatic hydroxyl groups is 2. The Hall–Kier alpha value is -1.89. The molecule has 1 unspecified atom stereocenters. The smallest absolute Gasteiger partial charge is 0.265 e. The van der Waals surface area contributed by atoms with Gasteiger partial charge in [-0.15, -0.1) is 0 Å². The topological polar surface area (TPSA) is 89.8 Å². The van der Waals surface area contributed by atoms with Gasteiger partial charge in [-0.25, -0.2) is 8.78 Å². The van der Waals surface area contributed by atoms with Crippen LogP contribution in [0.1, 0.15) is 10.4 Å². The first-order chi connectivity index (χ1) is 7.91. The molecule has 0 fully saturated rings. The van der Waals surface area contributed by atoms with Gasteiger partial charge < -0.3 is 20.6 Å². The molecule has 5 nitrogen and oxygen atoms in total. The number of benzene rings is 1. The highest BCUT2D eigenvalue weighted by atomic mass is 19.3. The number of aliphatic hydroxyl groups is 1. The molecule has 1 rings (SSSR count). The van der Waals surface area contributed by atoms with E-state index in [4.69, 9.17) is 10.2 Å². The molecule has 0 saturated carbocycles. The fraction of sp³-hybridized carbons (Fsp3) is 0.300. The number of nitrogens with one attached hydrogen (secondary N) is 1. The minimum Gasteiger partial charge on any atom is -0.508 e. The average Bonchev–Trinajstić information content (AvgIpc) is 2.28. The Kier molecular flexibility index (Phi) is 4.22. The first-order valence-electron chi connectivity index (χ1n) is 4.68. The van der Waals surface area contributed by atoms with Crippen molar-refractivity contribution in [1.29, 1.82) is 0 Å². The number of hydrogen-bond donors (Lipinski definition) is 4. The number of rotatable bonds is 4. The quantitative estimate of drug-likeness (QED) is 0.582. The molecule has 0 aromatic heterocycles. The molecule has 1 atom stereocenters. The first kappa shape index (κ1) is 13.2. The maximum absolute atomic E-state index is 11.9. The van der Waals surface area contributed by atoms with Crippen LogP contribution in [0.5, 0.6) is 11.5 Å². The van der Waals surface area contributed by atoms with Gasteiger partial charge in [-0.3, -0.25) is 4.79 Å². The van der Waals surface area contributed by atoms with E-state index in [0.717, 1.165) is 12.1 Å². The molecule has 4 N–H and O–H groups in total. The summed E-state index contributed by atoms with van der Waals surface area (Å²) in [6.45, 7) is -0.647. The van der Waals surface area contributed by atoms with Gasteiger partial charge >= 0.3 is 0 Å². The van der Waals surface area contributed by atoms with E-state index < -0.39 is 30.7 Å². The summed E-state index contributed by atoms with van der Waals surface area (Å²) in [5, 5.41) is 29.2. The lowest BCUT2D eigenvalue weighted by Crippen LogP contribution is -2.35. The van der Waals surface area contributed by atoms with Crippen LogP contribution in [-0.2, 0) is 0 Å². The lowest BCUT2D eigenvalue weighted by molar-refractivity contribution is -0.00271. The van der Waals surface area contributed by atoms with E-state index in [-0.39, 0.29) is 11.3 Å². The van der Waals surface area contributed by atoms with Crippen molar-refractivity contribution in [2.75, 3.05) is 6.54 Å². The van der Waals surface area contributed by atoms with Crippen LogP contribution in [0, 0.1) is 0 Å². The molecule has 1 aromatic rings. The standard InChI is InChI=1S/C10H11F2NO4/c11-9(12)8(16)4-13-10(17)6-3-5(14)1-2-7(6)15/h1-3,8-9,14-16H,4H2,(H,13,17). The minimum absolute atomic E-state index is 0.248. The number of amides is 1. The normalized spacial score (nSPS) is 12.5. The van der Waals surface area contributed by atoms with E-state index in [9.17, 15) is 18.7 Å². The van der Waals surface area contributed by atoms with Crippen LogP contribution in [0.15, 0.2) is 18.2 Å². The lowest BCUT2D eigenvalue weighted by Gasteiger charge is -2.11. The molecule has 0 spiro atoms. The third-order valence-corrected chi connectivity index (χ3v) is 1.99. The van der Waals surface area contributed by atoms with Crippen LogP contribution in [0.3, 0.4) is 0 Å². The largest absolute Gasteiger partial charge is 0.508 e. The number of hydrogen-bond acceptors (Lipinski definition) is 4. The van der Waals surface area contributed by atoms with Crippen LogP contribution >= 0.6 is 0 Å². The van der Waals surface area contributed by atoms with Crippen molar-refractivity contribution in [2.24, 2.45) is 0 Å². The molecule has 0 aliphatic carbocycles. The highest BCUT2D eigenvalue weighted by Crippen LogP contribution is 2.21. The van der Waals surface area contributed by atoms with E-state index in [0.29, 0.717) is 0 Å². The van der Waals surface area contributed by atoms with E-state index in [1.54, 1.807) is 0 Å². The molecular formula is C10H11F2NO4. The molecular weight excluding hydrogens is 236 g/mol. The van der Waals surface area contributed by atoms with Gasteiger partial charge in [-0.2, -0.15) is 0 Å². The summed E-state index contributed by atoms with van der Waals surface area (Å²) in [6, 6.07) is 3.24. The molecule has 17 heavy (non-hydrogen) atoms. The number of alkyl halides is 2. The Morgan fingerprint density at radius 1 is 1.35 bits per heavy atom. The highest BCUT2D eigenvalue weighted by molar-refractivity contribution is 5.97. The second-order valence-electron chi connectivity index (χ2n) is 3.31. The van der Waals surface area contributed by atoms with Gasteiger partial charge in [-0.1, -0.05) is 0 Å². The van der Waals surface area contributed by atoms with Crippen molar-refractivity contribution >= 4 is 5.91 Å². The third kappa shape index (κ3) is 3.56. The van der Waals surface area contributed by atoms with Crippen LogP contribution < -0.4 is 5.32 Å². The van der Waals surface area contributed by atoms with E-state index in [2.05, 4.69) is 0 Å². The molecule has 0 heterocycles. The maximum Gasteiger partial charge on any atom is 0.265 e. The zero-order valence-corrected chi connectivity index (χ0v) is 8.60. The van der Waals surface area contributed by atoms with Gasteiger partial charge in [0.05, 0.1) is 5.56 Å². The number of phenols is 2. The zero-order valence-electron chi connectivity index (χ0n) is 8.60. The Balaban J connectivity index is 2.67. The Morgan fingerprint density at radius 2 is 2.00 bits per heavy atom. The van der Waals surface area contributed by atoms with Crippen LogP contribution in [0.4, 0.5) is 8.78 Å². The molecule has 0 aliphatic heterocycles. The van der Waals surface area contributed by atoms with Crippen molar-refractivity contribution in [3.8, 4) is 11.5 Å². The third-order valence-electron chi connectivity index (χ3n) is 1.99. The van der Waals surface area contributed by atoms with Crippen LogP contribution in [0.25, 0.3) is 0 Å². The summed E-state index contributed by atoms with van der Waals surface area (Å²) in [6.07, 6.45) is -4.94. The molecule has 0 aliphatic rings. The maximum atomic E-state index is 11.9. The van der Waals surface area contributed by atoms with Crippen molar-refractivity contribution in [3.05, 3.63) is 23.8 Å². The number of carbonyl (C=O) groups excluding carboxylic acids is 1. The summed E-state index contributed by atoms with van der Waals surface area (Å²) in [4.78, 5) is 11.4. The molecule has 7 heteroatoms. The lowest BCUT2D eigenvalue weighted by atomic mass is 10.1. The van der Waals surface area contributed by atoms with Gasteiger partial charge in [0.1, 0.15) is 17.6 Å². The van der Waals surface area contributed by atoms with Crippen LogP contribution in [-0.4, -0.2) is 40.3 Å². The Bertz CT molecular complexity index is 411. The van der Waals surface area contributed by atoms with Crippen molar-refractivity contribution in [1.82, 2.24) is 5.32 Å². The minimum atomic E-state index is -2.96. The summed E-state index contributed by atoms with van der Waals surface area (Å²) >= 11 is 0. The summed E-state index contributed by atoms with van der Waals surface area (Å²) in [7, 11) is 0. The van der Waals surface area contributed by atoms with Gasteiger partial charge in [0.2, 0.25) is 0 Å². The van der Waals surface area contributed by atoms with Crippen molar-refractivity contribution in [3.63, 3.8) is 0 Å². The number of halogens is 2. The van der Waals surface area contributed by atoms with Gasteiger partial charge in [-0.05, 0) is 18.2 Å². The van der Waals surface area contributed by atoms with E-state index >= 15 is 0 Å². The predicted molar refractivity (Wildman–Crippen MR) is 54.1 cm³/mol. The Morgan fingerprint density at radius 3 is 2.59 bits per heavy atom. The van der Waals surface area contributed by atoms with Crippen molar-refractivity contribution < 1.29 is 28.9 Å². The van der Waals surface area contributed by atoms with Crippen molar-refractivity contribution in [2.45, 2.75) is 12.5 Å². The molecule has 94 valence electrons. The second-order valence-corrected chi connectivity index (χ2v) is 3.31. The number of carbonyl (C=O) groups is 1. The average molecular weight is 247 g/mol. The summed E-state index contributed by atoms with van der Waals surface area (Å²) in [5.74, 6) is -1.51. The van der Waals surface area contributed by atoms with Gasteiger partial charge in [0.15, 0.2) is 0 Å². The molecule has 0 radical (unpaired) electrons. The van der Waals surface area contributed by atoms with E-state index in [1.807, 2.05) is 5.32 Å². The van der Waals surface area contributed by atoms with Crippen LogP contribution in [0.2, 0.25) is 0 Å². The molecule has 0 bridgehead atoms. The SMILES string of the molecule is O=C(NCC(O)C(F)F)c1cc(O)ccc1O. The monoisotopic (exact) mass is 247 g/mol. The number of aliphatic hydroxyl groups excluding tert-OH is 1. The zero-order chi connectivity index (χ0) is 13.0. The number of phenolic OH excluding ortho intramolecular Hbond substituents is 2. The molecule has 0 saturated heterocycles. The highest BCUT2D eigenvalue weighted by Gasteiger charge is 2.19. The first-order valence-corrected chi connectivity index (χ1v) is 4.68. The predicted octanol–water partition coefficient (Wildman–Crippen LogP) is 0.454. The second kappa shape index (κ2) is 5.44. The molecule has 1 amide bonds. The van der Waals surface area contributed by atoms with E-state index in [1.165, 1.54) is 6.07 Å². The van der Waals surface area contributed by atoms with Gasteiger partial charge in [0.25, 0.3) is 12.3 Å². The van der Waals surface area contributed by atoms with Gasteiger partial charge in [0, 0.05) is 6.54 Å².